The van der Waals surface area contributed by atoms with Gasteiger partial charge in [-0.3, -0.25) is 4.79 Å². The lowest BCUT2D eigenvalue weighted by molar-refractivity contribution is -0.125. The maximum Gasteiger partial charge on any atom is 0.223 e. The molecule has 88 valence electrons. The Kier molecular flexibility index (Phi) is 5.40. The van der Waals surface area contributed by atoms with Crippen LogP contribution in [0.5, 0.6) is 0 Å². The van der Waals surface area contributed by atoms with Gasteiger partial charge < -0.3 is 10.1 Å². The van der Waals surface area contributed by atoms with Crippen molar-refractivity contribution in [2.75, 3.05) is 20.3 Å². The molecule has 0 saturated heterocycles. The third-order valence-electron chi connectivity index (χ3n) is 3.04. The number of methoxy groups -OCH3 is 1. The van der Waals surface area contributed by atoms with Crippen LogP contribution in [0.3, 0.4) is 0 Å². The Morgan fingerprint density at radius 1 is 1.60 bits per heavy atom. The van der Waals surface area contributed by atoms with E-state index >= 15 is 0 Å². The molecule has 15 heavy (non-hydrogen) atoms. The fourth-order valence-corrected chi connectivity index (χ4v) is 2.32. The highest BCUT2D eigenvalue weighted by molar-refractivity contribution is 6.21. The second-order valence-electron chi connectivity index (χ2n) is 4.31. The number of carbonyl (C=O) groups is 1. The maximum absolute atomic E-state index is 11.8. The van der Waals surface area contributed by atoms with Crippen molar-refractivity contribution in [2.45, 2.75) is 31.6 Å². The van der Waals surface area contributed by atoms with Gasteiger partial charge in [-0.15, -0.1) is 11.6 Å². The van der Waals surface area contributed by atoms with Crippen molar-refractivity contribution in [3.63, 3.8) is 0 Å². The zero-order valence-corrected chi connectivity index (χ0v) is 10.2. The first-order valence-electron chi connectivity index (χ1n) is 5.56. The standard InChI is InChI=1S/C11H20ClNO2/c1-8-4-3-5-10(8)11(14)13-6-9(12)7-15-2/h8-10H,3-7H2,1-2H3,(H,13,14). The maximum atomic E-state index is 11.8. The predicted molar refractivity (Wildman–Crippen MR) is 61.0 cm³/mol. The van der Waals surface area contributed by atoms with Crippen molar-refractivity contribution in [1.29, 1.82) is 0 Å². The van der Waals surface area contributed by atoms with Gasteiger partial charge in [-0.25, -0.2) is 0 Å². The molecule has 0 spiro atoms. The van der Waals surface area contributed by atoms with E-state index in [0.717, 1.165) is 6.42 Å². The molecule has 0 heterocycles. The van der Waals surface area contributed by atoms with Crippen LogP contribution in [0.1, 0.15) is 26.2 Å². The van der Waals surface area contributed by atoms with Crippen LogP contribution in [-0.4, -0.2) is 31.5 Å². The fourth-order valence-electron chi connectivity index (χ4n) is 2.12. The molecule has 1 N–H and O–H groups in total. The van der Waals surface area contributed by atoms with Crippen molar-refractivity contribution in [1.82, 2.24) is 5.32 Å². The Morgan fingerprint density at radius 3 is 2.87 bits per heavy atom. The summed E-state index contributed by atoms with van der Waals surface area (Å²) in [6.07, 6.45) is 3.35. The summed E-state index contributed by atoms with van der Waals surface area (Å²) >= 11 is 5.93. The zero-order valence-electron chi connectivity index (χ0n) is 9.46. The fraction of sp³-hybridized carbons (Fsp3) is 0.909. The summed E-state index contributed by atoms with van der Waals surface area (Å²) in [5, 5.41) is 2.76. The summed E-state index contributed by atoms with van der Waals surface area (Å²) in [7, 11) is 1.61. The van der Waals surface area contributed by atoms with E-state index in [-0.39, 0.29) is 17.2 Å². The predicted octanol–water partition coefficient (Wildman–Crippen LogP) is 1.79. The van der Waals surface area contributed by atoms with Gasteiger partial charge in [-0.05, 0) is 18.8 Å². The van der Waals surface area contributed by atoms with E-state index in [0.29, 0.717) is 19.1 Å². The minimum absolute atomic E-state index is 0.129. The van der Waals surface area contributed by atoms with Gasteiger partial charge in [0.1, 0.15) is 0 Å². The molecule has 1 rings (SSSR count). The molecule has 0 bridgehead atoms. The first-order chi connectivity index (χ1) is 7.15. The van der Waals surface area contributed by atoms with Crippen molar-refractivity contribution in [2.24, 2.45) is 11.8 Å². The van der Waals surface area contributed by atoms with Crippen LogP contribution in [0.2, 0.25) is 0 Å². The molecule has 1 saturated carbocycles. The van der Waals surface area contributed by atoms with Crippen molar-refractivity contribution in [3.8, 4) is 0 Å². The molecule has 1 amide bonds. The molecule has 0 aromatic carbocycles. The third-order valence-corrected chi connectivity index (χ3v) is 3.32. The molecule has 0 aromatic heterocycles. The molecule has 0 aliphatic heterocycles. The summed E-state index contributed by atoms with van der Waals surface area (Å²) in [6.45, 7) is 3.12. The lowest BCUT2D eigenvalue weighted by Gasteiger charge is -2.16. The lowest BCUT2D eigenvalue weighted by Crippen LogP contribution is -2.36. The van der Waals surface area contributed by atoms with E-state index in [1.54, 1.807) is 7.11 Å². The number of nitrogens with one attached hydrogen (secondary N) is 1. The van der Waals surface area contributed by atoms with Crippen LogP contribution >= 0.6 is 11.6 Å². The Morgan fingerprint density at radius 2 is 2.33 bits per heavy atom. The average Bonchev–Trinajstić information content (AvgIpc) is 2.61. The number of carbonyl (C=O) groups excluding carboxylic acids is 1. The number of rotatable bonds is 5. The molecular weight excluding hydrogens is 214 g/mol. The van der Waals surface area contributed by atoms with Gasteiger partial charge in [0.05, 0.1) is 12.0 Å². The molecule has 3 nitrogen and oxygen atoms in total. The van der Waals surface area contributed by atoms with Gasteiger partial charge in [0.15, 0.2) is 0 Å². The minimum Gasteiger partial charge on any atom is -0.383 e. The van der Waals surface area contributed by atoms with Crippen LogP contribution < -0.4 is 5.32 Å². The van der Waals surface area contributed by atoms with E-state index in [1.807, 2.05) is 0 Å². The number of hydrogen-bond acceptors (Lipinski definition) is 2. The topological polar surface area (TPSA) is 38.3 Å². The highest BCUT2D eigenvalue weighted by Gasteiger charge is 2.29. The van der Waals surface area contributed by atoms with E-state index in [1.165, 1.54) is 12.8 Å². The summed E-state index contributed by atoms with van der Waals surface area (Å²) in [5.74, 6) is 0.861. The number of alkyl halides is 1. The highest BCUT2D eigenvalue weighted by atomic mass is 35.5. The monoisotopic (exact) mass is 233 g/mol. The molecule has 1 aliphatic carbocycles. The van der Waals surface area contributed by atoms with E-state index in [2.05, 4.69) is 12.2 Å². The molecule has 4 heteroatoms. The van der Waals surface area contributed by atoms with Gasteiger partial charge >= 0.3 is 0 Å². The third kappa shape index (κ3) is 3.99. The van der Waals surface area contributed by atoms with Crippen LogP contribution in [-0.2, 0) is 9.53 Å². The van der Waals surface area contributed by atoms with Gasteiger partial charge in [-0.2, -0.15) is 0 Å². The quantitative estimate of drug-likeness (QED) is 0.736. The second-order valence-corrected chi connectivity index (χ2v) is 4.93. The Hall–Kier alpha value is -0.280. The first kappa shape index (κ1) is 12.8. The van der Waals surface area contributed by atoms with Gasteiger partial charge in [0.25, 0.3) is 0 Å². The lowest BCUT2D eigenvalue weighted by atomic mass is 9.97. The smallest absolute Gasteiger partial charge is 0.223 e. The Balaban J connectivity index is 2.23. The van der Waals surface area contributed by atoms with Crippen LogP contribution in [0.4, 0.5) is 0 Å². The number of halogens is 1. The second kappa shape index (κ2) is 6.33. The van der Waals surface area contributed by atoms with Gasteiger partial charge in [0.2, 0.25) is 5.91 Å². The largest absolute Gasteiger partial charge is 0.383 e. The number of amides is 1. The molecule has 1 fully saturated rings. The molecule has 1 aliphatic rings. The van der Waals surface area contributed by atoms with Crippen LogP contribution in [0.25, 0.3) is 0 Å². The Labute approximate surface area is 96.5 Å². The summed E-state index contributed by atoms with van der Waals surface area (Å²) in [4.78, 5) is 11.8. The Bertz CT molecular complexity index is 211. The van der Waals surface area contributed by atoms with E-state index in [4.69, 9.17) is 16.3 Å². The molecule has 3 unspecified atom stereocenters. The zero-order chi connectivity index (χ0) is 11.3. The first-order valence-corrected chi connectivity index (χ1v) is 5.99. The van der Waals surface area contributed by atoms with Crippen molar-refractivity contribution in [3.05, 3.63) is 0 Å². The molecule has 3 atom stereocenters. The van der Waals surface area contributed by atoms with Gasteiger partial charge in [-0.1, -0.05) is 13.3 Å². The van der Waals surface area contributed by atoms with Gasteiger partial charge in [0, 0.05) is 19.6 Å². The van der Waals surface area contributed by atoms with E-state index < -0.39 is 0 Å². The molecular formula is C11H20ClNO2. The normalized spacial score (nSPS) is 27.7. The summed E-state index contributed by atoms with van der Waals surface area (Å²) in [6, 6.07) is 0. The summed E-state index contributed by atoms with van der Waals surface area (Å²) < 4.78 is 4.90. The van der Waals surface area contributed by atoms with Crippen LogP contribution in [0.15, 0.2) is 0 Å². The van der Waals surface area contributed by atoms with Crippen molar-refractivity contribution < 1.29 is 9.53 Å². The number of ether oxygens (including phenoxy) is 1. The number of hydrogen-bond donors (Lipinski definition) is 1. The SMILES string of the molecule is COCC(Cl)CNC(=O)C1CCCC1C. The van der Waals surface area contributed by atoms with E-state index in [9.17, 15) is 4.79 Å². The molecule has 0 radical (unpaired) electrons. The minimum atomic E-state index is -0.129. The highest BCUT2D eigenvalue weighted by Crippen LogP contribution is 2.31. The average molecular weight is 234 g/mol. The van der Waals surface area contributed by atoms with Crippen molar-refractivity contribution >= 4 is 17.5 Å². The summed E-state index contributed by atoms with van der Waals surface area (Å²) in [5.41, 5.74) is 0. The molecule has 0 aromatic rings. The van der Waals surface area contributed by atoms with Crippen LogP contribution in [0, 0.1) is 11.8 Å².